The molecule has 0 unspecified atom stereocenters. The molecule has 4 aromatic rings. The van der Waals surface area contributed by atoms with Crippen LogP contribution >= 0.6 is 33.9 Å². The quantitative estimate of drug-likeness (QED) is 0.347. The van der Waals surface area contributed by atoms with E-state index in [-0.39, 0.29) is 0 Å². The van der Waals surface area contributed by atoms with E-state index in [1.165, 1.54) is 17.7 Å². The number of rotatable bonds is 5. The van der Waals surface area contributed by atoms with Gasteiger partial charge in [-0.2, -0.15) is 0 Å². The summed E-state index contributed by atoms with van der Waals surface area (Å²) in [5, 5.41) is 7.10. The van der Waals surface area contributed by atoms with E-state index in [4.69, 9.17) is 10.5 Å². The van der Waals surface area contributed by atoms with Crippen LogP contribution in [0.2, 0.25) is 0 Å². The fraction of sp³-hybridized carbons (Fsp3) is 0.0556. The number of nitrogen functional groups attached to an aromatic ring is 1. The maximum absolute atomic E-state index is 6.25. The molecule has 2 aromatic heterocycles. The van der Waals surface area contributed by atoms with Crippen molar-refractivity contribution < 1.29 is 4.74 Å². The summed E-state index contributed by atoms with van der Waals surface area (Å²) in [5.74, 6) is 1.84. The second-order valence-electron chi connectivity index (χ2n) is 5.59. The topological polar surface area (TPSA) is 98.0 Å². The van der Waals surface area contributed by atoms with Crippen LogP contribution in [-0.2, 0) is 0 Å². The highest BCUT2D eigenvalue weighted by Gasteiger charge is 2.11. The van der Waals surface area contributed by atoms with Gasteiger partial charge in [0.25, 0.3) is 0 Å². The minimum absolute atomic E-state index is 0.424. The number of methoxy groups -OCH3 is 1. The second-order valence-corrected chi connectivity index (χ2v) is 7.87. The van der Waals surface area contributed by atoms with Crippen molar-refractivity contribution in [3.63, 3.8) is 0 Å². The van der Waals surface area contributed by atoms with Gasteiger partial charge in [0.15, 0.2) is 16.8 Å². The Morgan fingerprint density at radius 1 is 1.04 bits per heavy atom. The van der Waals surface area contributed by atoms with Crippen molar-refractivity contribution in [1.29, 1.82) is 0 Å². The van der Waals surface area contributed by atoms with Gasteiger partial charge in [-0.25, -0.2) is 15.0 Å². The number of nitrogens with zero attached hydrogens (tertiary/aromatic N) is 3. The maximum atomic E-state index is 6.25. The first-order valence-electron chi connectivity index (χ1n) is 7.97. The van der Waals surface area contributed by atoms with Crippen molar-refractivity contribution >= 4 is 72.3 Å². The highest BCUT2D eigenvalue weighted by molar-refractivity contribution is 14.1. The molecule has 0 amide bonds. The molecule has 0 bridgehead atoms. The molecule has 0 saturated heterocycles. The molecule has 4 N–H and O–H groups in total. The molecular weight excluding hydrogens is 475 g/mol. The number of anilines is 5. The van der Waals surface area contributed by atoms with Gasteiger partial charge in [0.05, 0.1) is 17.3 Å². The molecule has 27 heavy (non-hydrogen) atoms. The number of fused-ring (bicyclic) bond motifs is 1. The molecule has 2 heterocycles. The molecule has 0 atom stereocenters. The normalized spacial score (nSPS) is 10.7. The van der Waals surface area contributed by atoms with Crippen LogP contribution in [0.1, 0.15) is 0 Å². The molecule has 9 heteroatoms. The highest BCUT2D eigenvalue weighted by atomic mass is 127. The second kappa shape index (κ2) is 7.53. The number of thiazole rings is 1. The average molecular weight is 490 g/mol. The van der Waals surface area contributed by atoms with Gasteiger partial charge in [0.1, 0.15) is 17.8 Å². The van der Waals surface area contributed by atoms with E-state index in [1.807, 2.05) is 42.5 Å². The summed E-state index contributed by atoms with van der Waals surface area (Å²) in [6.45, 7) is 0. The Labute approximate surface area is 173 Å². The SMILES string of the molecule is COc1ccc2nc(Nc3ncnc(Nc4ccc(I)cc4)c3N)sc2c1. The summed E-state index contributed by atoms with van der Waals surface area (Å²) in [5.41, 5.74) is 8.46. The van der Waals surface area contributed by atoms with E-state index in [1.54, 1.807) is 7.11 Å². The van der Waals surface area contributed by atoms with E-state index < -0.39 is 0 Å². The predicted octanol–water partition coefficient (Wildman–Crippen LogP) is 4.77. The number of ether oxygens (including phenoxy) is 1. The largest absolute Gasteiger partial charge is 0.497 e. The van der Waals surface area contributed by atoms with E-state index in [0.29, 0.717) is 22.5 Å². The van der Waals surface area contributed by atoms with Crippen LogP contribution in [0.15, 0.2) is 48.8 Å². The number of halogens is 1. The van der Waals surface area contributed by atoms with Crippen LogP contribution in [0.25, 0.3) is 10.2 Å². The van der Waals surface area contributed by atoms with E-state index >= 15 is 0 Å². The predicted molar refractivity (Wildman–Crippen MR) is 118 cm³/mol. The lowest BCUT2D eigenvalue weighted by Gasteiger charge is -2.11. The summed E-state index contributed by atoms with van der Waals surface area (Å²) >= 11 is 3.76. The number of hydrogen-bond donors (Lipinski definition) is 3. The molecule has 2 aromatic carbocycles. The molecule has 0 fully saturated rings. The Hall–Kier alpha value is -2.66. The minimum Gasteiger partial charge on any atom is -0.497 e. The van der Waals surface area contributed by atoms with Crippen molar-refractivity contribution in [2.24, 2.45) is 0 Å². The summed E-state index contributed by atoms with van der Waals surface area (Å²) in [6, 6.07) is 13.7. The van der Waals surface area contributed by atoms with Gasteiger partial charge in [-0.3, -0.25) is 0 Å². The van der Waals surface area contributed by atoms with Gasteiger partial charge in [-0.05, 0) is 65.1 Å². The molecule has 4 rings (SSSR count). The van der Waals surface area contributed by atoms with Crippen LogP contribution < -0.4 is 21.1 Å². The van der Waals surface area contributed by atoms with Crippen molar-refractivity contribution in [3.05, 3.63) is 52.4 Å². The molecule has 0 saturated carbocycles. The van der Waals surface area contributed by atoms with E-state index in [9.17, 15) is 0 Å². The number of nitrogens with one attached hydrogen (secondary N) is 2. The third-order valence-electron chi connectivity index (χ3n) is 3.81. The van der Waals surface area contributed by atoms with Crippen molar-refractivity contribution in [2.45, 2.75) is 0 Å². The van der Waals surface area contributed by atoms with E-state index in [2.05, 4.69) is 48.2 Å². The monoisotopic (exact) mass is 490 g/mol. The summed E-state index contributed by atoms with van der Waals surface area (Å²) in [6.07, 6.45) is 1.46. The maximum Gasteiger partial charge on any atom is 0.189 e. The summed E-state index contributed by atoms with van der Waals surface area (Å²) in [7, 11) is 1.64. The van der Waals surface area contributed by atoms with Crippen LogP contribution in [0.3, 0.4) is 0 Å². The van der Waals surface area contributed by atoms with Gasteiger partial charge in [0, 0.05) is 9.26 Å². The molecule has 7 nitrogen and oxygen atoms in total. The summed E-state index contributed by atoms with van der Waals surface area (Å²) < 4.78 is 7.43. The van der Waals surface area contributed by atoms with Gasteiger partial charge in [-0.15, -0.1) is 0 Å². The zero-order chi connectivity index (χ0) is 18.8. The van der Waals surface area contributed by atoms with E-state index in [0.717, 1.165) is 25.2 Å². The Bertz CT molecular complexity index is 1100. The zero-order valence-corrected chi connectivity index (χ0v) is 17.2. The molecular formula is C18H15IN6OS. The zero-order valence-electron chi connectivity index (χ0n) is 14.2. The smallest absolute Gasteiger partial charge is 0.189 e. The number of hydrogen-bond acceptors (Lipinski definition) is 8. The van der Waals surface area contributed by atoms with Crippen LogP contribution in [0.4, 0.5) is 28.1 Å². The van der Waals surface area contributed by atoms with Gasteiger partial charge >= 0.3 is 0 Å². The van der Waals surface area contributed by atoms with Gasteiger partial charge in [0.2, 0.25) is 0 Å². The van der Waals surface area contributed by atoms with Gasteiger partial charge in [-0.1, -0.05) is 11.3 Å². The Morgan fingerprint density at radius 2 is 1.78 bits per heavy atom. The van der Waals surface area contributed by atoms with Crippen molar-refractivity contribution in [1.82, 2.24) is 15.0 Å². The molecule has 0 aliphatic heterocycles. The van der Waals surface area contributed by atoms with Crippen molar-refractivity contribution in [2.75, 3.05) is 23.5 Å². The molecule has 0 spiro atoms. The third-order valence-corrected chi connectivity index (χ3v) is 5.46. The number of aromatic nitrogens is 3. The lowest BCUT2D eigenvalue weighted by atomic mass is 10.3. The summed E-state index contributed by atoms with van der Waals surface area (Å²) in [4.78, 5) is 13.1. The first-order chi connectivity index (χ1) is 13.1. The van der Waals surface area contributed by atoms with Gasteiger partial charge < -0.3 is 21.1 Å². The molecule has 0 aliphatic rings. The first-order valence-corrected chi connectivity index (χ1v) is 9.86. The Morgan fingerprint density at radius 3 is 2.52 bits per heavy atom. The molecule has 136 valence electrons. The number of nitrogens with two attached hydrogens (primary N) is 1. The third kappa shape index (κ3) is 3.88. The molecule has 0 radical (unpaired) electrons. The Balaban J connectivity index is 1.59. The molecule has 0 aliphatic carbocycles. The van der Waals surface area contributed by atoms with Crippen LogP contribution in [0, 0.1) is 3.57 Å². The lowest BCUT2D eigenvalue weighted by Crippen LogP contribution is -2.05. The standard InChI is InChI=1S/C18H15IN6OS/c1-26-12-6-7-13-14(8-12)27-18(24-13)25-17-15(20)16(21-9-22-17)23-11-4-2-10(19)3-5-11/h2-9H,20H2,1H3,(H2,21,22,23,24,25). The van der Waals surface area contributed by atoms with Crippen LogP contribution in [-0.4, -0.2) is 22.1 Å². The highest BCUT2D eigenvalue weighted by Crippen LogP contribution is 2.33. The lowest BCUT2D eigenvalue weighted by molar-refractivity contribution is 0.415. The van der Waals surface area contributed by atoms with Crippen LogP contribution in [0.5, 0.6) is 5.75 Å². The fourth-order valence-electron chi connectivity index (χ4n) is 2.45. The first kappa shape index (κ1) is 17.7. The Kier molecular flexibility index (Phi) is 4.94. The van der Waals surface area contributed by atoms with Crippen molar-refractivity contribution in [3.8, 4) is 5.75 Å². The minimum atomic E-state index is 0.424. The fourth-order valence-corrected chi connectivity index (χ4v) is 3.70. The average Bonchev–Trinajstić information content (AvgIpc) is 3.08. The number of benzene rings is 2.